The average molecular weight is 109 g/mol. The third-order valence-electron chi connectivity index (χ3n) is 0.474. The Hall–Kier alpha value is -0.670. The van der Waals surface area contributed by atoms with E-state index in [9.17, 15) is 8.78 Å². The molecule has 0 atom stereocenters. The predicted molar refractivity (Wildman–Crippen MR) is 20.9 cm³/mol. The molecule has 0 radical (unpaired) electrons. The second kappa shape index (κ2) is 2.49. The van der Waals surface area contributed by atoms with Gasteiger partial charge in [0.15, 0.2) is 0 Å². The Kier molecular flexibility index (Phi) is 2.26. The highest BCUT2D eigenvalue weighted by atomic mass is 19.3. The Labute approximate surface area is 39.4 Å². The minimum Gasteiger partial charge on any atom is -0.411 e. The second-order valence-corrected chi connectivity index (χ2v) is 1.04. The lowest BCUT2D eigenvalue weighted by atomic mass is 10.5. The lowest BCUT2D eigenvalue weighted by Crippen LogP contribution is -2.03. The van der Waals surface area contributed by atoms with Crippen molar-refractivity contribution in [2.24, 2.45) is 5.16 Å². The first kappa shape index (κ1) is 6.33. The van der Waals surface area contributed by atoms with Crippen LogP contribution in [0.4, 0.5) is 8.78 Å². The van der Waals surface area contributed by atoms with Gasteiger partial charge >= 0.3 is 0 Å². The van der Waals surface area contributed by atoms with Gasteiger partial charge in [0, 0.05) is 0 Å². The van der Waals surface area contributed by atoms with Crippen molar-refractivity contribution in [3.63, 3.8) is 0 Å². The summed E-state index contributed by atoms with van der Waals surface area (Å²) in [6.45, 7) is 1.05. The SMILES string of the molecule is C/C(=N/O)C(F)F. The van der Waals surface area contributed by atoms with Crippen LogP contribution in [0.1, 0.15) is 6.92 Å². The van der Waals surface area contributed by atoms with Crippen LogP contribution in [0.25, 0.3) is 0 Å². The molecule has 0 aliphatic rings. The Morgan fingerprint density at radius 2 is 2.14 bits per heavy atom. The van der Waals surface area contributed by atoms with E-state index in [2.05, 4.69) is 5.16 Å². The van der Waals surface area contributed by atoms with E-state index in [-0.39, 0.29) is 0 Å². The summed E-state index contributed by atoms with van der Waals surface area (Å²) in [5, 5.41) is 9.87. The molecule has 0 amide bonds. The van der Waals surface area contributed by atoms with Crippen molar-refractivity contribution in [2.45, 2.75) is 13.3 Å². The van der Waals surface area contributed by atoms with E-state index in [1.807, 2.05) is 0 Å². The number of alkyl halides is 2. The zero-order valence-electron chi connectivity index (χ0n) is 3.73. The summed E-state index contributed by atoms with van der Waals surface area (Å²) in [6, 6.07) is 0. The molecular weight excluding hydrogens is 104 g/mol. The van der Waals surface area contributed by atoms with Gasteiger partial charge in [-0.1, -0.05) is 5.16 Å². The molecule has 2 nitrogen and oxygen atoms in total. The molecule has 0 rings (SSSR count). The van der Waals surface area contributed by atoms with Crippen LogP contribution in [-0.4, -0.2) is 17.3 Å². The van der Waals surface area contributed by atoms with Crippen molar-refractivity contribution in [3.8, 4) is 0 Å². The molecule has 7 heavy (non-hydrogen) atoms. The van der Waals surface area contributed by atoms with Gasteiger partial charge in [-0.2, -0.15) is 0 Å². The van der Waals surface area contributed by atoms with Gasteiger partial charge in [0.05, 0.1) is 0 Å². The number of hydrogen-bond acceptors (Lipinski definition) is 2. The van der Waals surface area contributed by atoms with Gasteiger partial charge in [0.25, 0.3) is 6.43 Å². The average Bonchev–Trinajstić information content (AvgIpc) is 1.65. The van der Waals surface area contributed by atoms with Crippen molar-refractivity contribution in [2.75, 3.05) is 0 Å². The number of hydrogen-bond donors (Lipinski definition) is 1. The van der Waals surface area contributed by atoms with Gasteiger partial charge < -0.3 is 5.21 Å². The molecular formula is C3H5F2NO. The molecule has 0 fully saturated rings. The Balaban J connectivity index is 3.56. The Morgan fingerprint density at radius 3 is 2.14 bits per heavy atom. The number of halogens is 2. The Morgan fingerprint density at radius 1 is 1.71 bits per heavy atom. The third-order valence-corrected chi connectivity index (χ3v) is 0.474. The number of nitrogens with zero attached hydrogens (tertiary/aromatic N) is 1. The molecule has 0 aromatic carbocycles. The van der Waals surface area contributed by atoms with Crippen LogP contribution in [0, 0.1) is 0 Å². The fourth-order valence-corrected chi connectivity index (χ4v) is 0.0436. The van der Waals surface area contributed by atoms with Gasteiger partial charge in [-0.15, -0.1) is 0 Å². The molecule has 0 spiro atoms. The normalized spacial score (nSPS) is 12.9. The van der Waals surface area contributed by atoms with Crippen LogP contribution in [0.3, 0.4) is 0 Å². The van der Waals surface area contributed by atoms with Crippen LogP contribution in [-0.2, 0) is 0 Å². The second-order valence-electron chi connectivity index (χ2n) is 1.04. The summed E-state index contributed by atoms with van der Waals surface area (Å²) < 4.78 is 22.3. The summed E-state index contributed by atoms with van der Waals surface area (Å²) in [6.07, 6.45) is -2.63. The van der Waals surface area contributed by atoms with E-state index in [0.29, 0.717) is 0 Å². The molecule has 0 saturated carbocycles. The monoisotopic (exact) mass is 109 g/mol. The number of rotatable bonds is 1. The molecule has 4 heteroatoms. The first-order valence-corrected chi connectivity index (χ1v) is 1.65. The molecule has 0 aliphatic heterocycles. The van der Waals surface area contributed by atoms with E-state index in [0.717, 1.165) is 6.92 Å². The maximum atomic E-state index is 11.1. The zero-order valence-corrected chi connectivity index (χ0v) is 3.73. The molecule has 0 bridgehead atoms. The van der Waals surface area contributed by atoms with Crippen molar-refractivity contribution in [1.29, 1.82) is 0 Å². The van der Waals surface area contributed by atoms with E-state index >= 15 is 0 Å². The van der Waals surface area contributed by atoms with Gasteiger partial charge in [0.1, 0.15) is 5.71 Å². The van der Waals surface area contributed by atoms with Crippen molar-refractivity contribution >= 4 is 5.71 Å². The molecule has 0 heterocycles. The van der Waals surface area contributed by atoms with E-state index in [1.165, 1.54) is 0 Å². The first-order valence-electron chi connectivity index (χ1n) is 1.65. The quantitative estimate of drug-likeness (QED) is 0.305. The maximum Gasteiger partial charge on any atom is 0.279 e. The molecule has 0 aliphatic carbocycles. The van der Waals surface area contributed by atoms with Crippen LogP contribution < -0.4 is 0 Å². The smallest absolute Gasteiger partial charge is 0.279 e. The van der Waals surface area contributed by atoms with Crippen LogP contribution in [0.15, 0.2) is 5.16 Å². The van der Waals surface area contributed by atoms with E-state index in [1.54, 1.807) is 0 Å². The summed E-state index contributed by atoms with van der Waals surface area (Å²) in [5.41, 5.74) is -0.556. The summed E-state index contributed by atoms with van der Waals surface area (Å²) >= 11 is 0. The number of oxime groups is 1. The fraction of sp³-hybridized carbons (Fsp3) is 0.667. The van der Waals surface area contributed by atoms with Crippen molar-refractivity contribution in [3.05, 3.63) is 0 Å². The molecule has 1 N–H and O–H groups in total. The van der Waals surface area contributed by atoms with Crippen LogP contribution in [0.2, 0.25) is 0 Å². The minimum absolute atomic E-state index is 0.556. The molecule has 0 saturated heterocycles. The zero-order chi connectivity index (χ0) is 5.86. The van der Waals surface area contributed by atoms with Crippen LogP contribution >= 0.6 is 0 Å². The third kappa shape index (κ3) is 2.08. The highest BCUT2D eigenvalue weighted by Gasteiger charge is 2.04. The lowest BCUT2D eigenvalue weighted by molar-refractivity contribution is 0.213. The van der Waals surface area contributed by atoms with Gasteiger partial charge in [-0.3, -0.25) is 0 Å². The topological polar surface area (TPSA) is 32.6 Å². The summed E-state index contributed by atoms with van der Waals surface area (Å²) in [4.78, 5) is 0. The van der Waals surface area contributed by atoms with Gasteiger partial charge in [0.2, 0.25) is 0 Å². The predicted octanol–water partition coefficient (Wildman–Crippen LogP) is 1.10. The minimum atomic E-state index is -2.63. The van der Waals surface area contributed by atoms with Gasteiger partial charge in [-0.05, 0) is 6.92 Å². The fourth-order valence-electron chi connectivity index (χ4n) is 0.0436. The molecule has 0 aromatic heterocycles. The highest BCUT2D eigenvalue weighted by Crippen LogP contribution is 1.93. The lowest BCUT2D eigenvalue weighted by Gasteiger charge is -1.89. The molecule has 0 aromatic rings. The Bertz CT molecular complexity index is 81.0. The molecule has 42 valence electrons. The maximum absolute atomic E-state index is 11.1. The van der Waals surface area contributed by atoms with E-state index < -0.39 is 12.1 Å². The van der Waals surface area contributed by atoms with Crippen molar-refractivity contribution < 1.29 is 14.0 Å². The standard InChI is InChI=1S/C3H5F2NO/c1-2(6-7)3(4)5/h3,7H,1H3/b6-2-. The highest BCUT2D eigenvalue weighted by molar-refractivity contribution is 5.84. The first-order chi connectivity index (χ1) is 3.18. The molecule has 0 unspecified atom stereocenters. The van der Waals surface area contributed by atoms with E-state index in [4.69, 9.17) is 5.21 Å². The van der Waals surface area contributed by atoms with Crippen molar-refractivity contribution in [1.82, 2.24) is 0 Å². The largest absolute Gasteiger partial charge is 0.411 e. The van der Waals surface area contributed by atoms with Crippen LogP contribution in [0.5, 0.6) is 0 Å². The summed E-state index contributed by atoms with van der Waals surface area (Å²) in [5.74, 6) is 0. The van der Waals surface area contributed by atoms with Gasteiger partial charge in [-0.25, -0.2) is 8.78 Å². The summed E-state index contributed by atoms with van der Waals surface area (Å²) in [7, 11) is 0.